The van der Waals surface area contributed by atoms with Crippen LogP contribution in [0.2, 0.25) is 0 Å². The Hall–Kier alpha value is -1.37. The van der Waals surface area contributed by atoms with Gasteiger partial charge in [-0.15, -0.1) is 0 Å². The van der Waals surface area contributed by atoms with Crippen LogP contribution in [0.5, 0.6) is 0 Å². The smallest absolute Gasteiger partial charge is 0.319 e. The molecule has 1 aliphatic rings. The molecule has 2 aromatic carbocycles. The van der Waals surface area contributed by atoms with Gasteiger partial charge >= 0.3 is 6.03 Å². The van der Waals surface area contributed by atoms with Crippen molar-refractivity contribution in [3.63, 3.8) is 0 Å². The van der Waals surface area contributed by atoms with Crippen molar-refractivity contribution >= 4 is 43.6 Å². The van der Waals surface area contributed by atoms with Crippen LogP contribution in [0.3, 0.4) is 0 Å². The normalized spacial score (nSPS) is 15.6. The Bertz CT molecular complexity index is 780. The molecule has 3 rings (SSSR count). The van der Waals surface area contributed by atoms with E-state index in [0.717, 1.165) is 47.1 Å². The monoisotopic (exact) mass is 507 g/mol. The topological polar surface area (TPSA) is 44.4 Å². The first kappa shape index (κ1) is 21.3. The molecule has 4 nitrogen and oxygen atoms in total. The van der Waals surface area contributed by atoms with Crippen LogP contribution in [-0.2, 0) is 6.54 Å². The van der Waals surface area contributed by atoms with E-state index in [2.05, 4.69) is 97.6 Å². The molecule has 2 N–H and O–H groups in total. The predicted molar refractivity (Wildman–Crippen MR) is 123 cm³/mol. The molecule has 150 valence electrons. The Morgan fingerprint density at radius 1 is 1.11 bits per heavy atom. The van der Waals surface area contributed by atoms with Gasteiger partial charge in [0.25, 0.3) is 0 Å². The third-order valence-electron chi connectivity index (χ3n) is 5.14. The highest BCUT2D eigenvalue weighted by Crippen LogP contribution is 2.34. The lowest BCUT2D eigenvalue weighted by molar-refractivity contribution is 0.190. The van der Waals surface area contributed by atoms with Gasteiger partial charge in [0.15, 0.2) is 0 Å². The Balaban J connectivity index is 1.50. The highest BCUT2D eigenvalue weighted by atomic mass is 79.9. The molecule has 2 amide bonds. The van der Waals surface area contributed by atoms with Crippen molar-refractivity contribution in [1.82, 2.24) is 10.2 Å². The summed E-state index contributed by atoms with van der Waals surface area (Å²) in [6.45, 7) is 7.27. The van der Waals surface area contributed by atoms with E-state index < -0.39 is 0 Å². The number of anilines is 1. The van der Waals surface area contributed by atoms with Crippen molar-refractivity contribution < 1.29 is 4.79 Å². The number of hydrogen-bond donors (Lipinski definition) is 2. The fraction of sp³-hybridized carbons (Fsp3) is 0.409. The van der Waals surface area contributed by atoms with Crippen LogP contribution in [0.15, 0.2) is 51.4 Å². The van der Waals surface area contributed by atoms with Gasteiger partial charge in [-0.2, -0.15) is 0 Å². The molecule has 0 radical (unpaired) electrons. The van der Waals surface area contributed by atoms with Gasteiger partial charge in [-0.1, -0.05) is 44.2 Å². The molecule has 6 heteroatoms. The van der Waals surface area contributed by atoms with Crippen molar-refractivity contribution in [2.45, 2.75) is 45.2 Å². The average Bonchev–Trinajstić information content (AvgIpc) is 2.67. The number of benzene rings is 2. The third kappa shape index (κ3) is 5.82. The maximum Gasteiger partial charge on any atom is 0.319 e. The summed E-state index contributed by atoms with van der Waals surface area (Å²) in [6.07, 6.45) is 1.93. The molecule has 0 saturated carbocycles. The van der Waals surface area contributed by atoms with E-state index in [1.807, 2.05) is 6.07 Å². The summed E-state index contributed by atoms with van der Waals surface area (Å²) in [5, 5.41) is 6.11. The van der Waals surface area contributed by atoms with Gasteiger partial charge < -0.3 is 10.6 Å². The van der Waals surface area contributed by atoms with E-state index >= 15 is 0 Å². The van der Waals surface area contributed by atoms with Gasteiger partial charge in [-0.25, -0.2) is 4.79 Å². The van der Waals surface area contributed by atoms with Crippen molar-refractivity contribution in [2.75, 3.05) is 18.4 Å². The number of hydrogen-bond acceptors (Lipinski definition) is 2. The fourth-order valence-electron chi connectivity index (χ4n) is 3.46. The maximum absolute atomic E-state index is 12.5. The summed E-state index contributed by atoms with van der Waals surface area (Å²) in [5.74, 6) is 0.427. The molecular weight excluding hydrogens is 482 g/mol. The summed E-state index contributed by atoms with van der Waals surface area (Å²) in [7, 11) is 0. The van der Waals surface area contributed by atoms with Crippen molar-refractivity contribution in [2.24, 2.45) is 0 Å². The first-order valence-electron chi connectivity index (χ1n) is 9.75. The summed E-state index contributed by atoms with van der Waals surface area (Å²) in [5.41, 5.74) is 3.32. The van der Waals surface area contributed by atoms with Crippen molar-refractivity contribution in [1.29, 1.82) is 0 Å². The van der Waals surface area contributed by atoms with E-state index in [0.29, 0.717) is 5.92 Å². The van der Waals surface area contributed by atoms with E-state index in [-0.39, 0.29) is 12.1 Å². The maximum atomic E-state index is 12.5. The molecule has 28 heavy (non-hydrogen) atoms. The molecule has 0 spiro atoms. The van der Waals surface area contributed by atoms with E-state index in [4.69, 9.17) is 0 Å². The lowest BCUT2D eigenvalue weighted by Gasteiger charge is -2.32. The number of urea groups is 1. The van der Waals surface area contributed by atoms with E-state index in [9.17, 15) is 4.79 Å². The van der Waals surface area contributed by atoms with Crippen molar-refractivity contribution in [3.8, 4) is 0 Å². The Morgan fingerprint density at radius 2 is 1.71 bits per heavy atom. The highest BCUT2D eigenvalue weighted by molar-refractivity contribution is 9.11. The molecule has 1 fully saturated rings. The minimum atomic E-state index is -0.153. The van der Waals surface area contributed by atoms with Crippen LogP contribution in [-0.4, -0.2) is 30.1 Å². The first-order chi connectivity index (χ1) is 13.4. The quantitative estimate of drug-likeness (QED) is 0.510. The number of rotatable bonds is 5. The van der Waals surface area contributed by atoms with Gasteiger partial charge in [0.1, 0.15) is 0 Å². The second-order valence-electron chi connectivity index (χ2n) is 7.65. The minimum Gasteiger partial charge on any atom is -0.335 e. The Labute approximate surface area is 184 Å². The SMILES string of the molecule is CC(C)c1cc(Br)c(NC(=O)NC2CCN(Cc3ccccc3)CC2)c(Br)c1. The molecule has 0 aliphatic carbocycles. The van der Waals surface area contributed by atoms with Crippen molar-refractivity contribution in [3.05, 3.63) is 62.5 Å². The second-order valence-corrected chi connectivity index (χ2v) is 9.36. The van der Waals surface area contributed by atoms with Crippen LogP contribution < -0.4 is 10.6 Å². The second kappa shape index (κ2) is 9.90. The fourth-order valence-corrected chi connectivity index (χ4v) is 4.88. The zero-order valence-corrected chi connectivity index (χ0v) is 19.5. The lowest BCUT2D eigenvalue weighted by atomic mass is 10.0. The summed E-state index contributed by atoms with van der Waals surface area (Å²) >= 11 is 7.16. The molecule has 0 atom stereocenters. The molecule has 0 aromatic heterocycles. The number of nitrogens with one attached hydrogen (secondary N) is 2. The summed E-state index contributed by atoms with van der Waals surface area (Å²) < 4.78 is 1.77. The Kier molecular flexibility index (Phi) is 7.55. The predicted octanol–water partition coefficient (Wildman–Crippen LogP) is 6.12. The first-order valence-corrected chi connectivity index (χ1v) is 11.3. The van der Waals surface area contributed by atoms with Crippen LogP contribution >= 0.6 is 31.9 Å². The molecule has 0 bridgehead atoms. The van der Waals surface area contributed by atoms with Crippen LogP contribution in [0, 0.1) is 0 Å². The average molecular weight is 509 g/mol. The number of carbonyl (C=O) groups excluding carboxylic acids is 1. The zero-order chi connectivity index (χ0) is 20.1. The van der Waals surface area contributed by atoms with Gasteiger partial charge in [0.2, 0.25) is 0 Å². The van der Waals surface area contributed by atoms with Crippen LogP contribution in [0.25, 0.3) is 0 Å². The summed E-state index contributed by atoms with van der Waals surface area (Å²) in [4.78, 5) is 14.9. The minimum absolute atomic E-state index is 0.153. The highest BCUT2D eigenvalue weighted by Gasteiger charge is 2.21. The lowest BCUT2D eigenvalue weighted by Crippen LogP contribution is -2.45. The number of piperidine rings is 1. The number of likely N-dealkylation sites (tertiary alicyclic amines) is 1. The number of halogens is 2. The van der Waals surface area contributed by atoms with Gasteiger partial charge in [0.05, 0.1) is 5.69 Å². The molecule has 1 aliphatic heterocycles. The molecule has 1 saturated heterocycles. The van der Waals surface area contributed by atoms with Crippen LogP contribution in [0.4, 0.5) is 10.5 Å². The number of amides is 2. The zero-order valence-electron chi connectivity index (χ0n) is 16.3. The van der Waals surface area contributed by atoms with Crippen LogP contribution in [0.1, 0.15) is 43.7 Å². The number of nitrogens with zero attached hydrogens (tertiary/aromatic N) is 1. The number of carbonyl (C=O) groups is 1. The van der Waals surface area contributed by atoms with Gasteiger partial charge in [0, 0.05) is 34.6 Å². The third-order valence-corrected chi connectivity index (χ3v) is 6.39. The molecule has 1 heterocycles. The van der Waals surface area contributed by atoms with E-state index in [1.165, 1.54) is 11.1 Å². The Morgan fingerprint density at radius 3 is 2.29 bits per heavy atom. The molecule has 0 unspecified atom stereocenters. The van der Waals surface area contributed by atoms with Gasteiger partial charge in [-0.05, 0) is 73.9 Å². The molecule has 2 aromatic rings. The molecular formula is C22H27Br2N3O. The standard InChI is InChI=1S/C22H27Br2N3O/c1-15(2)17-12-19(23)21(20(24)13-17)26-22(28)25-18-8-10-27(11-9-18)14-16-6-4-3-5-7-16/h3-7,12-13,15,18H,8-11,14H2,1-2H3,(H2,25,26,28). The largest absolute Gasteiger partial charge is 0.335 e. The summed E-state index contributed by atoms with van der Waals surface area (Å²) in [6, 6.07) is 14.7. The van der Waals surface area contributed by atoms with Gasteiger partial charge in [-0.3, -0.25) is 4.90 Å². The van der Waals surface area contributed by atoms with E-state index in [1.54, 1.807) is 0 Å².